The number of carbonyl (C=O) groups excluding carboxylic acids is 2. The van der Waals surface area contributed by atoms with Gasteiger partial charge >= 0.3 is 5.97 Å². The van der Waals surface area contributed by atoms with Crippen molar-refractivity contribution in [1.29, 1.82) is 0 Å². The molecule has 0 spiro atoms. The number of aliphatic carboxylic acids is 1. The van der Waals surface area contributed by atoms with Crippen molar-refractivity contribution in [2.75, 3.05) is 27.7 Å². The third kappa shape index (κ3) is 9.55. The Morgan fingerprint density at radius 1 is 1.05 bits per heavy atom. The predicted molar refractivity (Wildman–Crippen MR) is 84.9 cm³/mol. The Hall–Kier alpha value is -1.36. The van der Waals surface area contributed by atoms with Gasteiger partial charge < -0.3 is 19.1 Å². The maximum atomic E-state index is 11.1. The Labute approximate surface area is 134 Å². The van der Waals surface area contributed by atoms with Gasteiger partial charge in [0.1, 0.15) is 6.04 Å². The molecule has 0 saturated carbocycles. The molecule has 0 aliphatic heterocycles. The van der Waals surface area contributed by atoms with Crippen LogP contribution in [0.3, 0.4) is 0 Å². The van der Waals surface area contributed by atoms with E-state index in [0.29, 0.717) is 23.1 Å². The van der Waals surface area contributed by atoms with Crippen LogP contribution in [-0.4, -0.2) is 50.2 Å². The fraction of sp³-hybridized carbons (Fsp3) is 0.765. The Kier molecular flexibility index (Phi) is 9.74. The maximum absolute atomic E-state index is 11.1. The van der Waals surface area contributed by atoms with Gasteiger partial charge in [0.25, 0.3) is 0 Å². The summed E-state index contributed by atoms with van der Waals surface area (Å²) in [6.45, 7) is 5.61. The van der Waals surface area contributed by atoms with Gasteiger partial charge in [-0.25, -0.2) is 4.79 Å². The van der Waals surface area contributed by atoms with Crippen LogP contribution in [0.5, 0.6) is 0 Å². The fourth-order valence-corrected chi connectivity index (χ4v) is 2.26. The van der Waals surface area contributed by atoms with Crippen LogP contribution in [0.2, 0.25) is 0 Å². The van der Waals surface area contributed by atoms with Gasteiger partial charge in [0, 0.05) is 12.0 Å². The first kappa shape index (κ1) is 20.6. The van der Waals surface area contributed by atoms with E-state index in [1.165, 1.54) is 0 Å². The van der Waals surface area contributed by atoms with Gasteiger partial charge in [-0.2, -0.15) is 0 Å². The molecule has 0 heterocycles. The van der Waals surface area contributed by atoms with Gasteiger partial charge in [-0.05, 0) is 19.8 Å². The summed E-state index contributed by atoms with van der Waals surface area (Å²) in [7, 11) is 5.65. The average molecular weight is 313 g/mol. The second kappa shape index (κ2) is 10.4. The summed E-state index contributed by atoms with van der Waals surface area (Å²) in [5.41, 5.74) is 0.430. The number of esters is 1. The van der Waals surface area contributed by atoms with Crippen LogP contribution in [0.15, 0.2) is 12.2 Å². The van der Waals surface area contributed by atoms with E-state index in [2.05, 4.69) is 6.58 Å². The monoisotopic (exact) mass is 313 g/mol. The van der Waals surface area contributed by atoms with Gasteiger partial charge in [-0.1, -0.05) is 32.3 Å². The average Bonchev–Trinajstić information content (AvgIpc) is 2.38. The maximum Gasteiger partial charge on any atom is 0.333 e. The van der Waals surface area contributed by atoms with Crippen LogP contribution in [0, 0.1) is 0 Å². The highest BCUT2D eigenvalue weighted by Crippen LogP contribution is 2.14. The van der Waals surface area contributed by atoms with Crippen LogP contribution in [0.4, 0.5) is 0 Å². The van der Waals surface area contributed by atoms with Crippen LogP contribution in [-0.2, 0) is 14.3 Å². The summed E-state index contributed by atoms with van der Waals surface area (Å²) >= 11 is 0. The van der Waals surface area contributed by atoms with E-state index in [1.807, 2.05) is 21.1 Å². The minimum absolute atomic E-state index is 0.325. The van der Waals surface area contributed by atoms with Crippen molar-refractivity contribution in [1.82, 2.24) is 0 Å². The van der Waals surface area contributed by atoms with E-state index in [-0.39, 0.29) is 5.97 Å². The van der Waals surface area contributed by atoms with Crippen molar-refractivity contribution >= 4 is 11.9 Å². The summed E-state index contributed by atoms with van der Waals surface area (Å²) in [6, 6.07) is -0.443. The van der Waals surface area contributed by atoms with Crippen molar-refractivity contribution in [2.45, 2.75) is 57.9 Å². The molecule has 0 bridgehead atoms. The number of carboxylic acid groups (broad SMARTS) is 1. The zero-order valence-corrected chi connectivity index (χ0v) is 14.5. The van der Waals surface area contributed by atoms with E-state index < -0.39 is 12.0 Å². The molecule has 0 radical (unpaired) electrons. The van der Waals surface area contributed by atoms with Gasteiger partial charge in [-0.15, -0.1) is 0 Å². The smallest absolute Gasteiger partial charge is 0.333 e. The number of likely N-dealkylation sites (N-methyl/N-ethyl adjacent to an activating group) is 1. The summed E-state index contributed by atoms with van der Waals surface area (Å²) in [6.07, 6.45) is 6.61. The molecular formula is C17H31NO4. The molecule has 0 aromatic rings. The molecular weight excluding hydrogens is 282 g/mol. The van der Waals surface area contributed by atoms with Crippen molar-refractivity contribution in [3.63, 3.8) is 0 Å². The molecule has 1 atom stereocenters. The fourth-order valence-electron chi connectivity index (χ4n) is 2.26. The number of quaternary nitrogens is 1. The molecule has 0 amide bonds. The molecule has 22 heavy (non-hydrogen) atoms. The molecule has 0 N–H and O–H groups in total. The number of hydrogen-bond acceptors (Lipinski definition) is 4. The third-order valence-electron chi connectivity index (χ3n) is 3.66. The van der Waals surface area contributed by atoms with E-state index >= 15 is 0 Å². The molecule has 0 aliphatic carbocycles. The second-order valence-electron chi connectivity index (χ2n) is 6.78. The zero-order chi connectivity index (χ0) is 17.2. The molecule has 0 rings (SSSR count). The van der Waals surface area contributed by atoms with Crippen molar-refractivity contribution in [2.24, 2.45) is 0 Å². The Bertz CT molecular complexity index is 371. The Balaban J connectivity index is 3.60. The molecule has 0 saturated heterocycles. The summed E-state index contributed by atoms with van der Waals surface area (Å²) < 4.78 is 5.41. The van der Waals surface area contributed by atoms with E-state index in [4.69, 9.17) is 4.74 Å². The van der Waals surface area contributed by atoms with Crippen LogP contribution in [0.1, 0.15) is 51.9 Å². The number of unbranched alkanes of at least 4 members (excludes halogenated alkanes) is 5. The summed E-state index contributed by atoms with van der Waals surface area (Å²) in [5.74, 6) is -1.29. The van der Waals surface area contributed by atoms with Crippen LogP contribution < -0.4 is 5.11 Å². The second-order valence-corrected chi connectivity index (χ2v) is 6.78. The lowest BCUT2D eigenvalue weighted by molar-refractivity contribution is -0.889. The lowest BCUT2D eigenvalue weighted by Gasteiger charge is -2.34. The highest BCUT2D eigenvalue weighted by molar-refractivity contribution is 5.86. The minimum Gasteiger partial charge on any atom is -0.544 e. The quantitative estimate of drug-likeness (QED) is 0.238. The normalized spacial score (nSPS) is 12.7. The van der Waals surface area contributed by atoms with Crippen LogP contribution >= 0.6 is 0 Å². The summed E-state index contributed by atoms with van der Waals surface area (Å²) in [5, 5.41) is 11.1. The molecule has 0 aromatic heterocycles. The topological polar surface area (TPSA) is 66.4 Å². The van der Waals surface area contributed by atoms with Gasteiger partial charge in [0.15, 0.2) is 0 Å². The molecule has 1 unspecified atom stereocenters. The van der Waals surface area contributed by atoms with Gasteiger partial charge in [0.2, 0.25) is 0 Å². The first-order valence-corrected chi connectivity index (χ1v) is 8.01. The molecule has 0 fully saturated rings. The molecule has 5 nitrogen and oxygen atoms in total. The lowest BCUT2D eigenvalue weighted by Crippen LogP contribution is -2.54. The number of nitrogens with zero attached hydrogens (tertiary/aromatic N) is 1. The molecule has 5 heteroatoms. The highest BCUT2D eigenvalue weighted by Gasteiger charge is 2.24. The van der Waals surface area contributed by atoms with Crippen molar-refractivity contribution in [3.05, 3.63) is 12.2 Å². The molecule has 128 valence electrons. The first-order chi connectivity index (χ1) is 10.2. The minimum atomic E-state index is -0.966. The number of hydrogen-bond donors (Lipinski definition) is 0. The van der Waals surface area contributed by atoms with Crippen LogP contribution in [0.25, 0.3) is 0 Å². The largest absolute Gasteiger partial charge is 0.544 e. The van der Waals surface area contributed by atoms with Gasteiger partial charge in [0.05, 0.1) is 33.7 Å². The standard InChI is InChI=1S/C17H31NO4/c1-14(2)17(21)22-13-11-9-7-6-8-10-12-15(16(19)20)18(3,4)5/h15H,1,6-13H2,2-5H3. The number of carboxylic acids is 1. The molecule has 0 aromatic carbocycles. The lowest BCUT2D eigenvalue weighted by atomic mass is 10.0. The van der Waals surface area contributed by atoms with E-state index in [0.717, 1.165) is 38.5 Å². The Morgan fingerprint density at radius 3 is 2.00 bits per heavy atom. The molecule has 0 aliphatic rings. The number of ether oxygens (including phenoxy) is 1. The SMILES string of the molecule is C=C(C)C(=O)OCCCCCCCCC(C(=O)[O-])[N+](C)(C)C. The van der Waals surface area contributed by atoms with Crippen molar-refractivity contribution in [3.8, 4) is 0 Å². The predicted octanol–water partition coefficient (Wildman–Crippen LogP) is 1.66. The van der Waals surface area contributed by atoms with E-state index in [9.17, 15) is 14.7 Å². The number of carbonyl (C=O) groups is 2. The van der Waals surface area contributed by atoms with Gasteiger partial charge in [-0.3, -0.25) is 0 Å². The third-order valence-corrected chi connectivity index (χ3v) is 3.66. The Morgan fingerprint density at radius 2 is 1.55 bits per heavy atom. The van der Waals surface area contributed by atoms with E-state index in [1.54, 1.807) is 6.92 Å². The zero-order valence-electron chi connectivity index (χ0n) is 14.5. The summed E-state index contributed by atoms with van der Waals surface area (Å²) in [4.78, 5) is 22.3. The van der Waals surface area contributed by atoms with Crippen molar-refractivity contribution < 1.29 is 23.9 Å². The highest BCUT2D eigenvalue weighted by atomic mass is 16.5. The number of rotatable bonds is 12. The first-order valence-electron chi connectivity index (χ1n) is 8.01.